The molecule has 0 bridgehead atoms. The largest absolute Gasteiger partial charge is 0.469 e. The molecule has 1 aliphatic rings. The molecular weight excluding hydrogens is 318 g/mol. The maximum atomic E-state index is 12.3. The maximum Gasteiger partial charge on any atom is 0.310 e. The smallest absolute Gasteiger partial charge is 0.310 e. The van der Waals surface area contributed by atoms with E-state index in [0.29, 0.717) is 19.3 Å². The number of ether oxygens (including phenoxy) is 1. The maximum absolute atomic E-state index is 12.3. The van der Waals surface area contributed by atoms with Crippen LogP contribution < -0.4 is 4.72 Å². The highest BCUT2D eigenvalue weighted by Crippen LogP contribution is 2.31. The van der Waals surface area contributed by atoms with E-state index in [9.17, 15) is 21.6 Å². The monoisotopic (exact) mass is 341 g/mol. The summed E-state index contributed by atoms with van der Waals surface area (Å²) in [7, 11) is -5.95. The lowest BCUT2D eigenvalue weighted by molar-refractivity contribution is -0.145. The van der Waals surface area contributed by atoms with E-state index in [4.69, 9.17) is 0 Å². The van der Waals surface area contributed by atoms with E-state index < -0.39 is 41.7 Å². The van der Waals surface area contributed by atoms with Crippen LogP contribution >= 0.6 is 0 Å². The van der Waals surface area contributed by atoms with Crippen molar-refractivity contribution in [2.24, 2.45) is 5.92 Å². The molecule has 21 heavy (non-hydrogen) atoms. The van der Waals surface area contributed by atoms with Crippen LogP contribution in [0.1, 0.15) is 33.1 Å². The molecule has 0 amide bonds. The number of carbonyl (C=O) groups excluding carboxylic acids is 1. The van der Waals surface area contributed by atoms with Crippen LogP contribution in [0.5, 0.6) is 0 Å². The molecule has 0 aromatic heterocycles. The molecule has 0 aliphatic heterocycles. The first-order valence-corrected chi connectivity index (χ1v) is 10.1. The van der Waals surface area contributed by atoms with E-state index in [0.717, 1.165) is 6.26 Å². The van der Waals surface area contributed by atoms with Crippen molar-refractivity contribution in [3.63, 3.8) is 0 Å². The fourth-order valence-electron chi connectivity index (χ4n) is 2.23. The van der Waals surface area contributed by atoms with Gasteiger partial charge >= 0.3 is 5.97 Å². The number of hydrogen-bond acceptors (Lipinski definition) is 6. The van der Waals surface area contributed by atoms with Gasteiger partial charge in [-0.25, -0.2) is 21.6 Å². The Hall–Kier alpha value is -0.670. The van der Waals surface area contributed by atoms with Gasteiger partial charge in [-0.05, 0) is 26.7 Å². The minimum Gasteiger partial charge on any atom is -0.469 e. The number of hydrogen-bond donors (Lipinski definition) is 1. The van der Waals surface area contributed by atoms with Crippen molar-refractivity contribution in [1.82, 2.24) is 4.72 Å². The molecule has 2 atom stereocenters. The quantitative estimate of drug-likeness (QED) is 0.685. The molecule has 0 spiro atoms. The number of sulfone groups is 1. The van der Waals surface area contributed by atoms with E-state index >= 15 is 0 Å². The fraction of sp³-hybridized carbons (Fsp3) is 0.917. The molecule has 0 saturated heterocycles. The van der Waals surface area contributed by atoms with Crippen LogP contribution in [-0.2, 0) is 29.4 Å². The predicted octanol–water partition coefficient (Wildman–Crippen LogP) is 0.0707. The first-order chi connectivity index (χ1) is 9.42. The van der Waals surface area contributed by atoms with Crippen LogP contribution in [0.4, 0.5) is 0 Å². The van der Waals surface area contributed by atoms with Crippen LogP contribution in [0.15, 0.2) is 0 Å². The van der Waals surface area contributed by atoms with Crippen molar-refractivity contribution < 1.29 is 26.4 Å². The molecule has 0 heterocycles. The summed E-state index contributed by atoms with van der Waals surface area (Å²) in [4.78, 5) is 11.6. The third kappa shape index (κ3) is 4.17. The van der Waals surface area contributed by atoms with Crippen molar-refractivity contribution in [3.05, 3.63) is 0 Å². The average Bonchev–Trinajstić information content (AvgIpc) is 2.84. The third-order valence-electron chi connectivity index (χ3n) is 4.06. The zero-order chi connectivity index (χ0) is 16.5. The van der Waals surface area contributed by atoms with Crippen molar-refractivity contribution >= 4 is 25.8 Å². The van der Waals surface area contributed by atoms with E-state index in [1.54, 1.807) is 0 Å². The zero-order valence-electron chi connectivity index (χ0n) is 12.7. The molecule has 124 valence electrons. The van der Waals surface area contributed by atoms with Gasteiger partial charge in [-0.1, -0.05) is 6.42 Å². The normalized spacial score (nSPS) is 24.0. The topological polar surface area (TPSA) is 107 Å². The highest BCUT2D eigenvalue weighted by atomic mass is 32.2. The SMILES string of the molecule is COC(=O)C1CCCC1S(=O)(=O)NCC(C)(C)S(C)(=O)=O. The minimum atomic E-state index is -3.77. The van der Waals surface area contributed by atoms with Gasteiger partial charge in [0.2, 0.25) is 10.0 Å². The Labute approximate surface area is 126 Å². The molecule has 0 radical (unpaired) electrons. The molecule has 1 fully saturated rings. The Morgan fingerprint density at radius 1 is 1.24 bits per heavy atom. The second-order valence-corrected chi connectivity index (χ2v) is 10.6. The van der Waals surface area contributed by atoms with Crippen molar-refractivity contribution in [3.8, 4) is 0 Å². The lowest BCUT2D eigenvalue weighted by Gasteiger charge is -2.25. The second kappa shape index (κ2) is 6.21. The first kappa shape index (κ1) is 18.4. The van der Waals surface area contributed by atoms with Gasteiger partial charge in [-0.15, -0.1) is 0 Å². The molecule has 0 aromatic carbocycles. The van der Waals surface area contributed by atoms with Crippen LogP contribution in [0.3, 0.4) is 0 Å². The Bertz CT molecular complexity index is 593. The van der Waals surface area contributed by atoms with Gasteiger partial charge in [-0.3, -0.25) is 4.79 Å². The van der Waals surface area contributed by atoms with Gasteiger partial charge in [-0.2, -0.15) is 0 Å². The Morgan fingerprint density at radius 2 is 1.81 bits per heavy atom. The molecular formula is C12H23NO6S2. The van der Waals surface area contributed by atoms with E-state index in [1.807, 2.05) is 0 Å². The van der Waals surface area contributed by atoms with Crippen LogP contribution in [0.25, 0.3) is 0 Å². The van der Waals surface area contributed by atoms with E-state index in [1.165, 1.54) is 21.0 Å². The van der Waals surface area contributed by atoms with Gasteiger partial charge in [0, 0.05) is 12.8 Å². The molecule has 1 rings (SSSR count). The molecule has 2 unspecified atom stereocenters. The Morgan fingerprint density at radius 3 is 2.29 bits per heavy atom. The molecule has 1 saturated carbocycles. The Balaban J connectivity index is 2.85. The first-order valence-electron chi connectivity index (χ1n) is 6.68. The summed E-state index contributed by atoms with van der Waals surface area (Å²) in [5, 5.41) is -0.861. The molecule has 1 N–H and O–H groups in total. The summed E-state index contributed by atoms with van der Waals surface area (Å²) in [6.07, 6.45) is 2.52. The fourth-order valence-corrected chi connectivity index (χ4v) is 4.59. The lowest BCUT2D eigenvalue weighted by atomic mass is 10.1. The summed E-state index contributed by atoms with van der Waals surface area (Å²) in [6, 6.07) is 0. The summed E-state index contributed by atoms with van der Waals surface area (Å²) >= 11 is 0. The standard InChI is InChI=1S/C12H23NO6S2/c1-12(2,20(4,15)16)8-13-21(17,18)10-7-5-6-9(10)11(14)19-3/h9-10,13H,5-8H2,1-4H3. The van der Waals surface area contributed by atoms with Crippen molar-refractivity contribution in [2.45, 2.75) is 43.1 Å². The molecule has 0 aromatic rings. The molecule has 1 aliphatic carbocycles. The third-order valence-corrected chi connectivity index (χ3v) is 8.12. The van der Waals surface area contributed by atoms with Gasteiger partial charge in [0.1, 0.15) is 0 Å². The summed E-state index contributed by atoms with van der Waals surface area (Å²) in [5.41, 5.74) is 0. The van der Waals surface area contributed by atoms with Crippen LogP contribution in [-0.4, -0.2) is 52.7 Å². The van der Waals surface area contributed by atoms with Crippen LogP contribution in [0.2, 0.25) is 0 Å². The van der Waals surface area contributed by atoms with Gasteiger partial charge in [0.25, 0.3) is 0 Å². The number of rotatable bonds is 6. The van der Waals surface area contributed by atoms with E-state index in [-0.39, 0.29) is 6.54 Å². The number of nitrogens with one attached hydrogen (secondary N) is 1. The summed E-state index contributed by atoms with van der Waals surface area (Å²) in [5.74, 6) is -1.22. The van der Waals surface area contributed by atoms with Gasteiger partial charge < -0.3 is 4.74 Å². The molecule has 7 nitrogen and oxygen atoms in total. The second-order valence-electron chi connectivity index (χ2n) is 6.00. The zero-order valence-corrected chi connectivity index (χ0v) is 14.4. The summed E-state index contributed by atoms with van der Waals surface area (Å²) in [6.45, 7) is 2.69. The van der Waals surface area contributed by atoms with Crippen molar-refractivity contribution in [1.29, 1.82) is 0 Å². The highest BCUT2D eigenvalue weighted by Gasteiger charge is 2.43. The van der Waals surface area contributed by atoms with Gasteiger partial charge in [0.15, 0.2) is 9.84 Å². The average molecular weight is 341 g/mol. The van der Waals surface area contributed by atoms with Crippen LogP contribution in [0, 0.1) is 5.92 Å². The predicted molar refractivity (Wildman–Crippen MR) is 79.0 cm³/mol. The minimum absolute atomic E-state index is 0.224. The number of esters is 1. The number of methoxy groups -OCH3 is 1. The molecule has 9 heteroatoms. The van der Waals surface area contributed by atoms with E-state index in [2.05, 4.69) is 9.46 Å². The number of sulfonamides is 1. The number of carbonyl (C=O) groups is 1. The summed E-state index contributed by atoms with van der Waals surface area (Å²) < 4.78 is 53.6. The lowest BCUT2D eigenvalue weighted by Crippen LogP contribution is -2.47. The highest BCUT2D eigenvalue weighted by molar-refractivity contribution is 7.92. The van der Waals surface area contributed by atoms with Crippen molar-refractivity contribution in [2.75, 3.05) is 19.9 Å². The van der Waals surface area contributed by atoms with Gasteiger partial charge in [0.05, 0.1) is 23.0 Å². The Kier molecular flexibility index (Phi) is 5.44.